The van der Waals surface area contributed by atoms with Crippen molar-refractivity contribution >= 4 is 11.9 Å². The first-order chi connectivity index (χ1) is 13.0. The molecule has 1 aliphatic rings. The zero-order valence-electron chi connectivity index (χ0n) is 16.0. The maximum atomic E-state index is 12.3. The van der Waals surface area contributed by atoms with Crippen LogP contribution >= 0.6 is 0 Å². The van der Waals surface area contributed by atoms with E-state index in [4.69, 9.17) is 4.74 Å². The number of benzene rings is 1. The highest BCUT2D eigenvalue weighted by atomic mass is 16.5. The SMILES string of the molecule is Cc1ccnn1-c1ccc(C(=O)O[C@H](C)C(=O)NC2CCCCCC2)cc1. The third-order valence-electron chi connectivity index (χ3n) is 5.03. The van der Waals surface area contributed by atoms with E-state index in [2.05, 4.69) is 10.4 Å². The van der Waals surface area contributed by atoms with Crippen LogP contribution in [0.15, 0.2) is 36.5 Å². The van der Waals surface area contributed by atoms with Gasteiger partial charge in [0.1, 0.15) is 0 Å². The first kappa shape index (κ1) is 19.1. The highest BCUT2D eigenvalue weighted by molar-refractivity contribution is 5.92. The van der Waals surface area contributed by atoms with Crippen LogP contribution in [0.4, 0.5) is 0 Å². The van der Waals surface area contributed by atoms with Gasteiger partial charge >= 0.3 is 5.97 Å². The molecule has 1 fully saturated rings. The lowest BCUT2D eigenvalue weighted by molar-refractivity contribution is -0.129. The minimum atomic E-state index is -0.811. The zero-order valence-corrected chi connectivity index (χ0v) is 16.0. The Bertz CT molecular complexity index is 774. The molecule has 0 bridgehead atoms. The van der Waals surface area contributed by atoms with Crippen molar-refractivity contribution in [2.75, 3.05) is 0 Å². The fourth-order valence-electron chi connectivity index (χ4n) is 3.40. The van der Waals surface area contributed by atoms with Crippen molar-refractivity contribution < 1.29 is 14.3 Å². The van der Waals surface area contributed by atoms with Crippen LogP contribution in [-0.4, -0.2) is 33.8 Å². The van der Waals surface area contributed by atoms with Gasteiger partial charge in [0.2, 0.25) is 0 Å². The second-order valence-corrected chi connectivity index (χ2v) is 7.18. The molecule has 6 nitrogen and oxygen atoms in total. The average molecular weight is 369 g/mol. The number of carbonyl (C=O) groups excluding carboxylic acids is 2. The van der Waals surface area contributed by atoms with Crippen LogP contribution in [0, 0.1) is 6.92 Å². The number of amides is 1. The van der Waals surface area contributed by atoms with Gasteiger partial charge in [0.15, 0.2) is 6.10 Å². The van der Waals surface area contributed by atoms with Crippen LogP contribution < -0.4 is 5.32 Å². The van der Waals surface area contributed by atoms with Crippen LogP contribution in [-0.2, 0) is 9.53 Å². The topological polar surface area (TPSA) is 73.2 Å². The Morgan fingerprint density at radius 2 is 1.78 bits per heavy atom. The molecule has 0 aliphatic heterocycles. The second-order valence-electron chi connectivity index (χ2n) is 7.18. The predicted molar refractivity (Wildman–Crippen MR) is 103 cm³/mol. The molecule has 1 amide bonds. The van der Waals surface area contributed by atoms with Gasteiger partial charge in [-0.3, -0.25) is 4.79 Å². The summed E-state index contributed by atoms with van der Waals surface area (Å²) in [6.07, 6.45) is 7.65. The Morgan fingerprint density at radius 3 is 2.37 bits per heavy atom. The Balaban J connectivity index is 1.56. The number of aryl methyl sites for hydroxylation is 1. The molecule has 27 heavy (non-hydrogen) atoms. The van der Waals surface area contributed by atoms with Crippen LogP contribution in [0.1, 0.15) is 61.5 Å². The number of hydrogen-bond donors (Lipinski definition) is 1. The first-order valence-corrected chi connectivity index (χ1v) is 9.67. The summed E-state index contributed by atoms with van der Waals surface area (Å²) in [6, 6.07) is 9.11. The molecule has 0 radical (unpaired) electrons. The van der Waals surface area contributed by atoms with Gasteiger partial charge in [0, 0.05) is 17.9 Å². The predicted octanol–water partition coefficient (Wildman–Crippen LogP) is 3.57. The van der Waals surface area contributed by atoms with Crippen LogP contribution in [0.2, 0.25) is 0 Å². The van der Waals surface area contributed by atoms with Gasteiger partial charge in [-0.2, -0.15) is 5.10 Å². The largest absolute Gasteiger partial charge is 0.449 e. The third-order valence-corrected chi connectivity index (χ3v) is 5.03. The fraction of sp³-hybridized carbons (Fsp3) is 0.476. The van der Waals surface area contributed by atoms with Crippen molar-refractivity contribution in [1.29, 1.82) is 0 Å². The molecule has 6 heteroatoms. The number of nitrogens with zero attached hydrogens (tertiary/aromatic N) is 2. The zero-order chi connectivity index (χ0) is 19.2. The van der Waals surface area contributed by atoms with E-state index in [-0.39, 0.29) is 11.9 Å². The summed E-state index contributed by atoms with van der Waals surface area (Å²) in [5, 5.41) is 7.26. The quantitative estimate of drug-likeness (QED) is 0.646. The summed E-state index contributed by atoms with van der Waals surface area (Å²) >= 11 is 0. The standard InChI is InChI=1S/C21H27N3O3/c1-15-13-14-22-24(15)19-11-9-17(10-12-19)21(26)27-16(2)20(25)23-18-7-5-3-4-6-8-18/h9-14,16,18H,3-8H2,1-2H3,(H,23,25)/t16-/m1/s1. The van der Waals surface area contributed by atoms with Crippen LogP contribution in [0.25, 0.3) is 5.69 Å². The van der Waals surface area contributed by atoms with E-state index in [1.54, 1.807) is 29.9 Å². The van der Waals surface area contributed by atoms with E-state index < -0.39 is 12.1 Å². The number of carbonyl (C=O) groups is 2. The summed E-state index contributed by atoms with van der Waals surface area (Å²) < 4.78 is 7.14. The highest BCUT2D eigenvalue weighted by Crippen LogP contribution is 2.18. The number of rotatable bonds is 5. The molecule has 1 N–H and O–H groups in total. The number of esters is 1. The Morgan fingerprint density at radius 1 is 1.11 bits per heavy atom. The van der Waals surface area contributed by atoms with Crippen molar-refractivity contribution in [3.05, 3.63) is 47.8 Å². The maximum absolute atomic E-state index is 12.3. The molecule has 1 heterocycles. The molecule has 0 spiro atoms. The van der Waals surface area contributed by atoms with Gasteiger partial charge in [-0.05, 0) is 57.0 Å². The van der Waals surface area contributed by atoms with Crippen molar-refractivity contribution in [1.82, 2.24) is 15.1 Å². The van der Waals surface area contributed by atoms with Crippen molar-refractivity contribution in [2.45, 2.75) is 64.5 Å². The van der Waals surface area contributed by atoms with E-state index in [1.165, 1.54) is 12.8 Å². The molecule has 0 saturated heterocycles. The number of nitrogens with one attached hydrogen (secondary N) is 1. The molecular weight excluding hydrogens is 342 g/mol. The van der Waals surface area contributed by atoms with Gasteiger partial charge in [-0.25, -0.2) is 9.48 Å². The van der Waals surface area contributed by atoms with E-state index in [0.717, 1.165) is 37.1 Å². The molecule has 1 aromatic carbocycles. The molecular formula is C21H27N3O3. The summed E-state index contributed by atoms with van der Waals surface area (Å²) in [5.74, 6) is -0.721. The minimum absolute atomic E-state index is 0.192. The van der Waals surface area contributed by atoms with Crippen LogP contribution in [0.3, 0.4) is 0 Å². The number of aromatic nitrogens is 2. The lowest BCUT2D eigenvalue weighted by Crippen LogP contribution is -2.41. The smallest absolute Gasteiger partial charge is 0.338 e. The van der Waals surface area contributed by atoms with E-state index >= 15 is 0 Å². The molecule has 144 valence electrons. The normalized spacial score (nSPS) is 16.4. The second kappa shape index (κ2) is 8.84. The summed E-state index contributed by atoms with van der Waals surface area (Å²) in [5.41, 5.74) is 2.29. The molecule has 1 aliphatic carbocycles. The maximum Gasteiger partial charge on any atom is 0.338 e. The van der Waals surface area contributed by atoms with E-state index in [0.29, 0.717) is 5.56 Å². The summed E-state index contributed by atoms with van der Waals surface area (Å²) in [7, 11) is 0. The molecule has 2 aromatic rings. The first-order valence-electron chi connectivity index (χ1n) is 9.67. The van der Waals surface area contributed by atoms with Crippen molar-refractivity contribution in [3.8, 4) is 5.69 Å². The van der Waals surface area contributed by atoms with Crippen LogP contribution in [0.5, 0.6) is 0 Å². The Kier molecular flexibility index (Phi) is 6.27. The van der Waals surface area contributed by atoms with Crippen molar-refractivity contribution in [3.63, 3.8) is 0 Å². The van der Waals surface area contributed by atoms with Crippen molar-refractivity contribution in [2.24, 2.45) is 0 Å². The van der Waals surface area contributed by atoms with Gasteiger partial charge in [0.05, 0.1) is 11.3 Å². The molecule has 1 atom stereocenters. The van der Waals surface area contributed by atoms with Gasteiger partial charge < -0.3 is 10.1 Å². The molecule has 0 unspecified atom stereocenters. The Hall–Kier alpha value is -2.63. The molecule has 1 saturated carbocycles. The number of ether oxygens (including phenoxy) is 1. The summed E-state index contributed by atoms with van der Waals surface area (Å²) in [4.78, 5) is 24.7. The average Bonchev–Trinajstić information content (AvgIpc) is 2.93. The van der Waals surface area contributed by atoms with Gasteiger partial charge in [-0.15, -0.1) is 0 Å². The molecule has 3 rings (SSSR count). The fourth-order valence-corrected chi connectivity index (χ4v) is 3.40. The highest BCUT2D eigenvalue weighted by Gasteiger charge is 2.22. The van der Waals surface area contributed by atoms with E-state index in [9.17, 15) is 9.59 Å². The lowest BCUT2D eigenvalue weighted by atomic mass is 10.1. The lowest BCUT2D eigenvalue weighted by Gasteiger charge is -2.19. The molecule has 1 aromatic heterocycles. The van der Waals surface area contributed by atoms with Gasteiger partial charge in [-0.1, -0.05) is 25.7 Å². The van der Waals surface area contributed by atoms with Gasteiger partial charge in [0.25, 0.3) is 5.91 Å². The Labute approximate surface area is 159 Å². The third kappa shape index (κ3) is 4.96. The van der Waals surface area contributed by atoms with E-state index in [1.807, 2.05) is 25.1 Å². The minimum Gasteiger partial charge on any atom is -0.449 e. The monoisotopic (exact) mass is 369 g/mol. The summed E-state index contributed by atoms with van der Waals surface area (Å²) in [6.45, 7) is 3.58. The number of hydrogen-bond acceptors (Lipinski definition) is 4.